The predicted octanol–water partition coefficient (Wildman–Crippen LogP) is 5.59. The molecule has 1 amide bonds. The second-order valence-electron chi connectivity index (χ2n) is 7.90. The van der Waals surface area contributed by atoms with Gasteiger partial charge in [-0.15, -0.1) is 0 Å². The number of nitrogens with zero attached hydrogens (tertiary/aromatic N) is 1. The van der Waals surface area contributed by atoms with Gasteiger partial charge < -0.3 is 10.6 Å². The van der Waals surface area contributed by atoms with Crippen molar-refractivity contribution in [3.63, 3.8) is 0 Å². The summed E-state index contributed by atoms with van der Waals surface area (Å²) in [6.45, 7) is 1.87. The highest BCUT2D eigenvalue weighted by Crippen LogP contribution is 2.44. The average molecular weight is 482 g/mol. The first-order chi connectivity index (χ1) is 15.9. The van der Waals surface area contributed by atoms with Gasteiger partial charge in [0.25, 0.3) is 0 Å². The van der Waals surface area contributed by atoms with Crippen molar-refractivity contribution in [2.45, 2.75) is 32.1 Å². The number of amides is 1. The third kappa shape index (κ3) is 4.82. The maximum Gasteiger partial charge on any atom is 0.234 e. The lowest BCUT2D eigenvalue weighted by atomic mass is 9.76. The third-order valence-electron chi connectivity index (χ3n) is 5.68. The lowest BCUT2D eigenvalue weighted by Gasteiger charge is -2.33. The Morgan fingerprint density at radius 2 is 2.09 bits per heavy atom. The summed E-state index contributed by atoms with van der Waals surface area (Å²) >= 11 is 7.28. The van der Waals surface area contributed by atoms with Crippen molar-refractivity contribution in [3.8, 4) is 6.07 Å². The van der Waals surface area contributed by atoms with Gasteiger partial charge in [0, 0.05) is 34.0 Å². The molecule has 2 aliphatic rings. The molecule has 2 N–H and O–H groups in total. The van der Waals surface area contributed by atoms with Crippen LogP contribution in [0.15, 0.2) is 64.3 Å². The Bertz CT molecular complexity index is 1250. The zero-order valence-corrected chi connectivity index (χ0v) is 19.4. The van der Waals surface area contributed by atoms with Crippen LogP contribution >= 0.6 is 23.4 Å². The number of Topliss-reactive ketones (excluding diaryl/α,β-unsaturated/α-hetero) is 1. The second kappa shape index (κ2) is 9.82. The van der Waals surface area contributed by atoms with E-state index in [1.807, 2.05) is 13.0 Å². The van der Waals surface area contributed by atoms with E-state index in [1.165, 1.54) is 6.07 Å². The minimum absolute atomic E-state index is 0.0273. The standard InChI is InChI=1S/C25H21ClFN3O2S/c1-14-9-10-15(11-18(14)26)29-22(32)13-33-25-17(12-28)23(16-5-2-3-6-19(16)27)24-20(30-25)7-4-8-21(24)31/h2-3,5-6,9-11,23,30H,4,7-8,13H2,1H3,(H,29,32)/t23-/m0/s1. The number of aryl methyl sites for hydroxylation is 1. The van der Waals surface area contributed by atoms with Crippen LogP contribution in [0.25, 0.3) is 0 Å². The summed E-state index contributed by atoms with van der Waals surface area (Å²) in [5.41, 5.74) is 3.16. The van der Waals surface area contributed by atoms with Gasteiger partial charge in [0.1, 0.15) is 5.82 Å². The highest BCUT2D eigenvalue weighted by Gasteiger charge is 2.38. The van der Waals surface area contributed by atoms with Crippen LogP contribution in [0, 0.1) is 24.1 Å². The van der Waals surface area contributed by atoms with Gasteiger partial charge in [-0.3, -0.25) is 9.59 Å². The maximum absolute atomic E-state index is 14.7. The molecule has 0 bridgehead atoms. The average Bonchev–Trinajstić information content (AvgIpc) is 2.80. The number of hydrogen-bond donors (Lipinski definition) is 2. The van der Waals surface area contributed by atoms with Crippen molar-refractivity contribution in [1.82, 2.24) is 5.32 Å². The zero-order chi connectivity index (χ0) is 23.5. The fourth-order valence-electron chi connectivity index (χ4n) is 4.06. The fraction of sp³-hybridized carbons (Fsp3) is 0.240. The molecule has 0 radical (unpaired) electrons. The molecule has 1 aliphatic carbocycles. The van der Waals surface area contributed by atoms with E-state index < -0.39 is 11.7 Å². The molecule has 0 saturated carbocycles. The van der Waals surface area contributed by atoms with Gasteiger partial charge in [-0.1, -0.05) is 47.6 Å². The van der Waals surface area contributed by atoms with Crippen LogP contribution in [0.1, 0.15) is 36.3 Å². The number of allylic oxidation sites excluding steroid dienone is 3. The topological polar surface area (TPSA) is 82.0 Å². The minimum Gasteiger partial charge on any atom is -0.352 e. The number of carbonyl (C=O) groups excluding carboxylic acids is 2. The number of dihydropyridines is 1. The Kier molecular flexibility index (Phi) is 6.87. The summed E-state index contributed by atoms with van der Waals surface area (Å²) in [4.78, 5) is 25.3. The maximum atomic E-state index is 14.7. The molecular formula is C25H21ClFN3O2S. The number of nitriles is 1. The van der Waals surface area contributed by atoms with Gasteiger partial charge in [0.2, 0.25) is 5.91 Å². The molecule has 5 nitrogen and oxygen atoms in total. The van der Waals surface area contributed by atoms with Crippen molar-refractivity contribution >= 4 is 40.7 Å². The summed E-state index contributed by atoms with van der Waals surface area (Å²) < 4.78 is 14.7. The number of hydrogen-bond acceptors (Lipinski definition) is 5. The number of benzene rings is 2. The van der Waals surface area contributed by atoms with Crippen LogP contribution in [0.2, 0.25) is 5.02 Å². The molecule has 1 heterocycles. The number of anilines is 1. The number of rotatable bonds is 5. The van der Waals surface area contributed by atoms with E-state index in [9.17, 15) is 19.2 Å². The first-order valence-corrected chi connectivity index (χ1v) is 11.9. The number of carbonyl (C=O) groups is 2. The molecule has 0 fully saturated rings. The van der Waals surface area contributed by atoms with Gasteiger partial charge in [-0.25, -0.2) is 4.39 Å². The minimum atomic E-state index is -0.790. The molecule has 168 valence electrons. The van der Waals surface area contributed by atoms with Crippen molar-refractivity contribution in [2.24, 2.45) is 0 Å². The van der Waals surface area contributed by atoms with E-state index in [0.717, 1.165) is 17.3 Å². The quantitative estimate of drug-likeness (QED) is 0.581. The molecular weight excluding hydrogens is 461 g/mol. The Morgan fingerprint density at radius 3 is 2.82 bits per heavy atom. The van der Waals surface area contributed by atoms with Gasteiger partial charge in [-0.05, 0) is 43.5 Å². The van der Waals surface area contributed by atoms with Crippen LogP contribution in [-0.4, -0.2) is 17.4 Å². The smallest absolute Gasteiger partial charge is 0.234 e. The largest absolute Gasteiger partial charge is 0.352 e. The van der Waals surface area contributed by atoms with Gasteiger partial charge in [0.05, 0.1) is 28.3 Å². The number of thioether (sulfide) groups is 1. The molecule has 1 aliphatic heterocycles. The monoisotopic (exact) mass is 481 g/mol. The van der Waals surface area contributed by atoms with Gasteiger partial charge in [0.15, 0.2) is 5.78 Å². The van der Waals surface area contributed by atoms with Crippen LogP contribution < -0.4 is 10.6 Å². The highest BCUT2D eigenvalue weighted by molar-refractivity contribution is 8.03. The number of halogens is 2. The first-order valence-electron chi connectivity index (χ1n) is 10.5. The molecule has 0 unspecified atom stereocenters. The summed E-state index contributed by atoms with van der Waals surface area (Å²) in [5, 5.41) is 17.0. The van der Waals surface area contributed by atoms with Crippen LogP contribution in [0.4, 0.5) is 10.1 Å². The number of nitrogens with one attached hydrogen (secondary N) is 2. The lowest BCUT2D eigenvalue weighted by molar-refractivity contribution is -0.116. The van der Waals surface area contributed by atoms with E-state index in [0.29, 0.717) is 46.3 Å². The van der Waals surface area contributed by atoms with Crippen LogP contribution in [0.5, 0.6) is 0 Å². The fourth-order valence-corrected chi connectivity index (χ4v) is 5.11. The normalized spacial score (nSPS) is 17.9. The van der Waals surface area contributed by atoms with E-state index in [1.54, 1.807) is 30.3 Å². The van der Waals surface area contributed by atoms with Crippen LogP contribution in [-0.2, 0) is 9.59 Å². The molecule has 8 heteroatoms. The van der Waals surface area contributed by atoms with Gasteiger partial charge >= 0.3 is 0 Å². The highest BCUT2D eigenvalue weighted by atomic mass is 35.5. The van der Waals surface area contributed by atoms with E-state index in [-0.39, 0.29) is 28.6 Å². The van der Waals surface area contributed by atoms with Crippen molar-refractivity contribution in [1.29, 1.82) is 5.26 Å². The van der Waals surface area contributed by atoms with Gasteiger partial charge in [-0.2, -0.15) is 5.26 Å². The summed E-state index contributed by atoms with van der Waals surface area (Å²) in [6.07, 6.45) is 1.68. The van der Waals surface area contributed by atoms with Crippen molar-refractivity contribution < 1.29 is 14.0 Å². The van der Waals surface area contributed by atoms with Crippen LogP contribution in [0.3, 0.4) is 0 Å². The molecule has 0 spiro atoms. The molecule has 2 aromatic carbocycles. The van der Waals surface area contributed by atoms with Crippen molar-refractivity contribution in [3.05, 3.63) is 86.3 Å². The van der Waals surface area contributed by atoms with Crippen molar-refractivity contribution in [2.75, 3.05) is 11.1 Å². The Balaban J connectivity index is 1.61. The number of ketones is 1. The summed E-state index contributed by atoms with van der Waals surface area (Å²) in [6, 6.07) is 13.6. The molecule has 4 rings (SSSR count). The Morgan fingerprint density at radius 1 is 1.30 bits per heavy atom. The first kappa shape index (κ1) is 23.1. The zero-order valence-electron chi connectivity index (χ0n) is 17.9. The molecule has 33 heavy (non-hydrogen) atoms. The SMILES string of the molecule is Cc1ccc(NC(=O)CSC2=C(C#N)[C@H](c3ccccc3F)C3=C(CCCC3=O)N2)cc1Cl. The Labute approximate surface area is 200 Å². The predicted molar refractivity (Wildman–Crippen MR) is 128 cm³/mol. The van der Waals surface area contributed by atoms with E-state index >= 15 is 0 Å². The molecule has 0 aromatic heterocycles. The van der Waals surface area contributed by atoms with E-state index in [4.69, 9.17) is 11.6 Å². The lowest BCUT2D eigenvalue weighted by Crippen LogP contribution is -2.32. The molecule has 1 atom stereocenters. The molecule has 2 aromatic rings. The van der Waals surface area contributed by atoms with E-state index in [2.05, 4.69) is 16.7 Å². The summed E-state index contributed by atoms with van der Waals surface area (Å²) in [5.74, 6) is -1.58. The Hall–Kier alpha value is -3.08. The molecule has 0 saturated heterocycles. The third-order valence-corrected chi connectivity index (χ3v) is 7.11. The summed E-state index contributed by atoms with van der Waals surface area (Å²) in [7, 11) is 0. The second-order valence-corrected chi connectivity index (χ2v) is 9.30.